The lowest BCUT2D eigenvalue weighted by molar-refractivity contribution is -0.120. The highest BCUT2D eigenvalue weighted by atomic mass is 16.6. The fourth-order valence-corrected chi connectivity index (χ4v) is 3.61. The number of benzene rings is 2. The maximum absolute atomic E-state index is 12.5. The summed E-state index contributed by atoms with van der Waals surface area (Å²) in [5.41, 5.74) is 5.81. The van der Waals surface area contributed by atoms with Crippen molar-refractivity contribution >= 4 is 17.4 Å². The second kappa shape index (κ2) is 9.51. The van der Waals surface area contributed by atoms with Crippen molar-refractivity contribution in [1.29, 1.82) is 0 Å². The van der Waals surface area contributed by atoms with Gasteiger partial charge in [-0.25, -0.2) is 4.79 Å². The number of para-hydroxylation sites is 2. The number of hydrogen-bond acceptors (Lipinski definition) is 7. The summed E-state index contributed by atoms with van der Waals surface area (Å²) in [6.45, 7) is 0.599. The zero-order valence-electron chi connectivity index (χ0n) is 18.1. The number of H-pyrrole nitrogens is 1. The van der Waals surface area contributed by atoms with Crippen LogP contribution in [0.15, 0.2) is 64.2 Å². The van der Waals surface area contributed by atoms with Gasteiger partial charge in [0, 0.05) is 7.05 Å². The van der Waals surface area contributed by atoms with Crippen molar-refractivity contribution in [2.45, 2.75) is 12.6 Å². The molecule has 0 fully saturated rings. The van der Waals surface area contributed by atoms with Gasteiger partial charge in [0.25, 0.3) is 5.56 Å². The lowest BCUT2D eigenvalue weighted by Gasteiger charge is -2.27. The topological polar surface area (TPSA) is 132 Å². The first-order valence-corrected chi connectivity index (χ1v) is 10.4. The fourth-order valence-electron chi connectivity index (χ4n) is 3.61. The number of nitrogens with two attached hydrogens (primary N) is 1. The summed E-state index contributed by atoms with van der Waals surface area (Å²) in [6, 6.07) is 16.6. The van der Waals surface area contributed by atoms with Crippen LogP contribution < -0.4 is 36.7 Å². The maximum atomic E-state index is 12.5. The predicted molar refractivity (Wildman–Crippen MR) is 124 cm³/mol. The Labute approximate surface area is 189 Å². The number of nitrogens with one attached hydrogen (secondary N) is 2. The third-order valence-electron chi connectivity index (χ3n) is 5.25. The third-order valence-corrected chi connectivity index (χ3v) is 5.25. The maximum Gasteiger partial charge on any atom is 0.330 e. The van der Waals surface area contributed by atoms with Crippen LogP contribution in [0, 0.1) is 0 Å². The molecular formula is C23H25N5O5. The SMILES string of the molecule is CN(CC(=O)NC[C@@H]1COc2ccccc2O1)c1c(N)n(Cc2ccccc2)c(=O)[nH]c1=O. The summed E-state index contributed by atoms with van der Waals surface area (Å²) < 4.78 is 12.7. The van der Waals surface area contributed by atoms with Crippen LogP contribution in [-0.2, 0) is 11.3 Å². The van der Waals surface area contributed by atoms with Crippen molar-refractivity contribution in [3.8, 4) is 11.5 Å². The Morgan fingerprint density at radius 2 is 1.85 bits per heavy atom. The van der Waals surface area contributed by atoms with Gasteiger partial charge in [0.15, 0.2) is 11.5 Å². The number of nitrogens with zero attached hydrogens (tertiary/aromatic N) is 2. The number of aromatic amines is 1. The average Bonchev–Trinajstić information content (AvgIpc) is 2.81. The zero-order chi connectivity index (χ0) is 23.4. The molecule has 3 aromatic rings. The smallest absolute Gasteiger partial charge is 0.330 e. The van der Waals surface area contributed by atoms with Crippen molar-refractivity contribution in [2.24, 2.45) is 0 Å². The van der Waals surface area contributed by atoms with Crippen LogP contribution in [0.1, 0.15) is 5.56 Å². The Morgan fingerprint density at radius 1 is 1.15 bits per heavy atom. The molecule has 0 spiro atoms. The molecule has 0 saturated carbocycles. The predicted octanol–water partition coefficient (Wildman–Crippen LogP) is 0.560. The molecule has 2 aromatic carbocycles. The largest absolute Gasteiger partial charge is 0.486 e. The van der Waals surface area contributed by atoms with E-state index in [1.165, 1.54) is 9.47 Å². The van der Waals surface area contributed by atoms with Gasteiger partial charge in [-0.05, 0) is 17.7 Å². The summed E-state index contributed by atoms with van der Waals surface area (Å²) in [6.07, 6.45) is -0.338. The van der Waals surface area contributed by atoms with E-state index in [1.54, 1.807) is 13.1 Å². The molecule has 1 aliphatic rings. The Bertz CT molecular complexity index is 1250. The van der Waals surface area contributed by atoms with E-state index in [4.69, 9.17) is 15.2 Å². The summed E-state index contributed by atoms with van der Waals surface area (Å²) in [5, 5.41) is 2.78. The Kier molecular flexibility index (Phi) is 6.34. The van der Waals surface area contributed by atoms with Gasteiger partial charge in [-0.3, -0.25) is 19.1 Å². The second-order valence-corrected chi connectivity index (χ2v) is 7.72. The zero-order valence-corrected chi connectivity index (χ0v) is 18.1. The van der Waals surface area contributed by atoms with Crippen LogP contribution in [-0.4, -0.2) is 48.3 Å². The monoisotopic (exact) mass is 451 g/mol. The number of carbonyl (C=O) groups is 1. The van der Waals surface area contributed by atoms with Gasteiger partial charge in [0.05, 0.1) is 19.6 Å². The standard InChI is InChI=1S/C23H25N5O5/c1-27(13-19(29)25-11-16-14-32-17-9-5-6-10-18(17)33-16)20-21(24)28(23(31)26-22(20)30)12-15-7-3-2-4-8-15/h2-10,16H,11-14,24H2,1H3,(H,25,29)(H,26,30,31)/t16-/m1/s1. The van der Waals surface area contributed by atoms with E-state index in [-0.39, 0.29) is 43.2 Å². The molecule has 4 N–H and O–H groups in total. The number of nitrogen functional groups attached to an aromatic ring is 1. The van der Waals surface area contributed by atoms with Crippen LogP contribution >= 0.6 is 0 Å². The number of amides is 1. The van der Waals surface area contributed by atoms with Crippen molar-refractivity contribution in [1.82, 2.24) is 14.9 Å². The highest BCUT2D eigenvalue weighted by molar-refractivity contribution is 5.82. The molecule has 0 unspecified atom stereocenters. The molecule has 0 bridgehead atoms. The van der Waals surface area contributed by atoms with E-state index < -0.39 is 11.2 Å². The highest BCUT2D eigenvalue weighted by Crippen LogP contribution is 2.30. The molecule has 1 atom stereocenters. The number of fused-ring (bicyclic) bond motifs is 1. The first-order valence-electron chi connectivity index (χ1n) is 10.4. The summed E-state index contributed by atoms with van der Waals surface area (Å²) in [7, 11) is 1.56. The highest BCUT2D eigenvalue weighted by Gasteiger charge is 2.22. The molecule has 10 heteroatoms. The van der Waals surface area contributed by atoms with Crippen molar-refractivity contribution in [3.05, 3.63) is 81.0 Å². The van der Waals surface area contributed by atoms with E-state index in [0.29, 0.717) is 18.1 Å². The molecule has 4 rings (SSSR count). The quantitative estimate of drug-likeness (QED) is 0.478. The number of rotatable bonds is 7. The lowest BCUT2D eigenvalue weighted by Crippen LogP contribution is -2.45. The molecule has 0 radical (unpaired) electrons. The minimum atomic E-state index is -0.655. The summed E-state index contributed by atoms with van der Waals surface area (Å²) in [5.74, 6) is 0.948. The number of anilines is 2. The van der Waals surface area contributed by atoms with Gasteiger partial charge in [-0.15, -0.1) is 0 Å². The number of ether oxygens (including phenoxy) is 2. The van der Waals surface area contributed by atoms with Crippen LogP contribution in [0.25, 0.3) is 0 Å². The van der Waals surface area contributed by atoms with E-state index in [1.807, 2.05) is 48.5 Å². The van der Waals surface area contributed by atoms with E-state index in [0.717, 1.165) is 5.56 Å². The van der Waals surface area contributed by atoms with Gasteiger partial charge in [0.2, 0.25) is 5.91 Å². The molecule has 172 valence electrons. The number of likely N-dealkylation sites (N-methyl/N-ethyl adjacent to an activating group) is 1. The second-order valence-electron chi connectivity index (χ2n) is 7.72. The van der Waals surface area contributed by atoms with Gasteiger partial charge >= 0.3 is 5.69 Å². The van der Waals surface area contributed by atoms with Gasteiger partial charge in [-0.2, -0.15) is 0 Å². The molecule has 10 nitrogen and oxygen atoms in total. The molecule has 1 amide bonds. The Balaban J connectivity index is 1.41. The molecule has 0 aliphatic carbocycles. The van der Waals surface area contributed by atoms with Crippen molar-refractivity contribution in [2.75, 3.05) is 37.4 Å². The molecule has 0 saturated heterocycles. The molecule has 1 aromatic heterocycles. The first-order chi connectivity index (χ1) is 15.9. The van der Waals surface area contributed by atoms with Crippen LogP contribution in [0.5, 0.6) is 11.5 Å². The Morgan fingerprint density at radius 3 is 2.61 bits per heavy atom. The minimum absolute atomic E-state index is 0.0106. The molecular weight excluding hydrogens is 426 g/mol. The molecule has 33 heavy (non-hydrogen) atoms. The lowest BCUT2D eigenvalue weighted by atomic mass is 10.2. The first kappa shape index (κ1) is 22.0. The van der Waals surface area contributed by atoms with Crippen LogP contribution in [0.2, 0.25) is 0 Å². The van der Waals surface area contributed by atoms with E-state index in [9.17, 15) is 14.4 Å². The molecule has 2 heterocycles. The fraction of sp³-hybridized carbons (Fsp3) is 0.261. The van der Waals surface area contributed by atoms with E-state index >= 15 is 0 Å². The number of carbonyl (C=O) groups excluding carboxylic acids is 1. The number of aromatic nitrogens is 2. The van der Waals surface area contributed by atoms with Gasteiger partial charge < -0.3 is 25.4 Å². The van der Waals surface area contributed by atoms with Crippen molar-refractivity contribution in [3.63, 3.8) is 0 Å². The summed E-state index contributed by atoms with van der Waals surface area (Å²) >= 11 is 0. The molecule has 1 aliphatic heterocycles. The van der Waals surface area contributed by atoms with Crippen LogP contribution in [0.3, 0.4) is 0 Å². The summed E-state index contributed by atoms with van der Waals surface area (Å²) in [4.78, 5) is 41.0. The number of hydrogen-bond donors (Lipinski definition) is 3. The average molecular weight is 451 g/mol. The third kappa shape index (κ3) is 5.00. The van der Waals surface area contributed by atoms with Gasteiger partial charge in [-0.1, -0.05) is 42.5 Å². The van der Waals surface area contributed by atoms with Crippen molar-refractivity contribution < 1.29 is 14.3 Å². The van der Waals surface area contributed by atoms with E-state index in [2.05, 4.69) is 10.3 Å². The normalized spacial score (nSPS) is 14.5. The van der Waals surface area contributed by atoms with Gasteiger partial charge in [0.1, 0.15) is 24.2 Å². The minimum Gasteiger partial charge on any atom is -0.486 e. The Hall–Kier alpha value is -4.21. The van der Waals surface area contributed by atoms with Crippen LogP contribution in [0.4, 0.5) is 11.5 Å².